The highest BCUT2D eigenvalue weighted by atomic mass is 35.5. The van der Waals surface area contributed by atoms with E-state index in [4.69, 9.17) is 28.3 Å². The highest BCUT2D eigenvalue weighted by molar-refractivity contribution is 6.34. The Balaban J connectivity index is 2.22. The number of carboxylic acid groups (broad SMARTS) is 1. The Hall–Kier alpha value is -1.30. The van der Waals surface area contributed by atoms with Gasteiger partial charge in [-0.15, -0.1) is 0 Å². The third kappa shape index (κ3) is 3.06. The SMILES string of the molecule is O=C(O)[C@H]1CCCN1C(=O)C(O)c1cc(Cl)cc(Cl)c1. The number of benzene rings is 1. The maximum atomic E-state index is 12.2. The maximum Gasteiger partial charge on any atom is 0.326 e. The number of carbonyl (C=O) groups excluding carboxylic acids is 1. The number of aliphatic hydroxyl groups is 1. The molecule has 1 fully saturated rings. The Morgan fingerprint density at radius 3 is 2.40 bits per heavy atom. The van der Waals surface area contributed by atoms with Gasteiger partial charge < -0.3 is 15.1 Å². The minimum atomic E-state index is -1.47. The smallest absolute Gasteiger partial charge is 0.326 e. The Labute approximate surface area is 125 Å². The number of hydrogen-bond acceptors (Lipinski definition) is 3. The molecule has 1 unspecified atom stereocenters. The van der Waals surface area contributed by atoms with Crippen molar-refractivity contribution in [2.75, 3.05) is 6.54 Å². The zero-order valence-corrected chi connectivity index (χ0v) is 11.9. The van der Waals surface area contributed by atoms with E-state index in [2.05, 4.69) is 0 Å². The first-order chi connectivity index (χ1) is 9.40. The Morgan fingerprint density at radius 1 is 1.25 bits per heavy atom. The molecule has 1 heterocycles. The summed E-state index contributed by atoms with van der Waals surface area (Å²) in [6.45, 7) is 0.321. The molecule has 0 bridgehead atoms. The molecule has 0 radical (unpaired) electrons. The van der Waals surface area contributed by atoms with E-state index in [0.29, 0.717) is 29.4 Å². The number of aliphatic carboxylic acids is 1. The fourth-order valence-electron chi connectivity index (χ4n) is 2.32. The molecule has 0 aliphatic carbocycles. The number of carbonyl (C=O) groups is 2. The van der Waals surface area contributed by atoms with Crippen LogP contribution < -0.4 is 0 Å². The molecule has 2 N–H and O–H groups in total. The van der Waals surface area contributed by atoms with Crippen LogP contribution in [0.3, 0.4) is 0 Å². The van der Waals surface area contributed by atoms with Gasteiger partial charge in [0.2, 0.25) is 0 Å². The number of rotatable bonds is 3. The molecule has 1 aliphatic heterocycles. The second kappa shape index (κ2) is 5.99. The molecule has 2 atom stereocenters. The van der Waals surface area contributed by atoms with Gasteiger partial charge >= 0.3 is 5.97 Å². The Kier molecular flexibility index (Phi) is 4.52. The first-order valence-electron chi connectivity index (χ1n) is 6.07. The Bertz CT molecular complexity index is 529. The van der Waals surface area contributed by atoms with Crippen LogP contribution in [0.4, 0.5) is 0 Å². The fraction of sp³-hybridized carbons (Fsp3) is 0.385. The van der Waals surface area contributed by atoms with Crippen molar-refractivity contribution >= 4 is 35.1 Å². The zero-order valence-electron chi connectivity index (χ0n) is 10.4. The summed E-state index contributed by atoms with van der Waals surface area (Å²) >= 11 is 11.6. The molecule has 20 heavy (non-hydrogen) atoms. The highest BCUT2D eigenvalue weighted by Crippen LogP contribution is 2.27. The van der Waals surface area contributed by atoms with Gasteiger partial charge in [-0.1, -0.05) is 23.2 Å². The summed E-state index contributed by atoms with van der Waals surface area (Å²) < 4.78 is 0. The monoisotopic (exact) mass is 317 g/mol. The minimum absolute atomic E-state index is 0.253. The number of hydrogen-bond donors (Lipinski definition) is 2. The fourth-order valence-corrected chi connectivity index (χ4v) is 2.86. The lowest BCUT2D eigenvalue weighted by Crippen LogP contribution is -2.42. The van der Waals surface area contributed by atoms with E-state index in [1.807, 2.05) is 0 Å². The van der Waals surface area contributed by atoms with E-state index in [-0.39, 0.29) is 5.56 Å². The Morgan fingerprint density at radius 2 is 1.85 bits per heavy atom. The largest absolute Gasteiger partial charge is 0.480 e. The number of likely N-dealkylation sites (tertiary alicyclic amines) is 1. The van der Waals surface area contributed by atoms with Crippen molar-refractivity contribution in [1.82, 2.24) is 4.90 Å². The van der Waals surface area contributed by atoms with E-state index in [9.17, 15) is 14.7 Å². The predicted molar refractivity (Wildman–Crippen MR) is 73.8 cm³/mol. The summed E-state index contributed by atoms with van der Waals surface area (Å²) in [4.78, 5) is 24.5. The number of halogens is 2. The third-order valence-corrected chi connectivity index (χ3v) is 3.69. The van der Waals surface area contributed by atoms with Crippen molar-refractivity contribution in [2.45, 2.75) is 25.0 Å². The molecule has 7 heteroatoms. The molecule has 1 aromatic carbocycles. The van der Waals surface area contributed by atoms with Gasteiger partial charge in [0.15, 0.2) is 6.10 Å². The first kappa shape index (κ1) is 15.1. The molecule has 0 spiro atoms. The molecule has 1 aromatic rings. The van der Waals surface area contributed by atoms with E-state index in [1.54, 1.807) is 0 Å². The van der Waals surface area contributed by atoms with Gasteiger partial charge in [-0.05, 0) is 36.6 Å². The predicted octanol–water partition coefficient (Wildman–Crippen LogP) is 2.10. The maximum absolute atomic E-state index is 12.2. The molecule has 2 rings (SSSR count). The number of aliphatic hydroxyl groups excluding tert-OH is 1. The average Bonchev–Trinajstić information content (AvgIpc) is 2.85. The summed E-state index contributed by atoms with van der Waals surface area (Å²) in [7, 11) is 0. The van der Waals surface area contributed by atoms with Crippen molar-refractivity contribution in [1.29, 1.82) is 0 Å². The van der Waals surface area contributed by atoms with Gasteiger partial charge in [0.25, 0.3) is 5.91 Å². The van der Waals surface area contributed by atoms with Crippen LogP contribution in [-0.2, 0) is 9.59 Å². The second-order valence-corrected chi connectivity index (χ2v) is 5.51. The van der Waals surface area contributed by atoms with Crippen LogP contribution in [0, 0.1) is 0 Å². The number of amides is 1. The summed E-state index contributed by atoms with van der Waals surface area (Å²) in [6, 6.07) is 3.47. The molecular weight excluding hydrogens is 305 g/mol. The number of carboxylic acids is 1. The van der Waals surface area contributed by atoms with Crippen LogP contribution in [0.15, 0.2) is 18.2 Å². The quantitative estimate of drug-likeness (QED) is 0.895. The standard InChI is InChI=1S/C13H13Cl2NO4/c14-8-4-7(5-9(15)6-8)11(17)12(18)16-3-1-2-10(16)13(19)20/h4-6,10-11,17H,1-3H2,(H,19,20)/t10-,11?/m1/s1. The summed E-state index contributed by atoms with van der Waals surface area (Å²) in [5.74, 6) is -1.71. The van der Waals surface area contributed by atoms with Crippen LogP contribution >= 0.6 is 23.2 Å². The van der Waals surface area contributed by atoms with Crippen molar-refractivity contribution in [3.05, 3.63) is 33.8 Å². The molecular formula is C13H13Cl2NO4. The van der Waals surface area contributed by atoms with E-state index >= 15 is 0 Å². The van der Waals surface area contributed by atoms with Gasteiger partial charge in [-0.3, -0.25) is 4.79 Å². The average molecular weight is 318 g/mol. The highest BCUT2D eigenvalue weighted by Gasteiger charge is 2.37. The lowest BCUT2D eigenvalue weighted by atomic mass is 10.1. The van der Waals surface area contributed by atoms with Gasteiger partial charge in [-0.25, -0.2) is 4.79 Å². The molecule has 1 aliphatic rings. The second-order valence-electron chi connectivity index (χ2n) is 4.63. The summed E-state index contributed by atoms with van der Waals surface area (Å²) in [5.41, 5.74) is 0.253. The van der Waals surface area contributed by atoms with E-state index < -0.39 is 24.0 Å². The molecule has 108 valence electrons. The van der Waals surface area contributed by atoms with Gasteiger partial charge in [0.05, 0.1) is 0 Å². The molecule has 1 saturated heterocycles. The van der Waals surface area contributed by atoms with Crippen molar-refractivity contribution in [2.24, 2.45) is 0 Å². The third-order valence-electron chi connectivity index (χ3n) is 3.26. The summed E-state index contributed by atoms with van der Waals surface area (Å²) in [6.07, 6.45) is -0.471. The van der Waals surface area contributed by atoms with Crippen LogP contribution in [0.25, 0.3) is 0 Å². The van der Waals surface area contributed by atoms with Gasteiger partial charge in [0, 0.05) is 16.6 Å². The molecule has 5 nitrogen and oxygen atoms in total. The molecule has 0 saturated carbocycles. The minimum Gasteiger partial charge on any atom is -0.480 e. The topological polar surface area (TPSA) is 77.8 Å². The van der Waals surface area contributed by atoms with Crippen LogP contribution in [0.1, 0.15) is 24.5 Å². The van der Waals surface area contributed by atoms with Crippen molar-refractivity contribution < 1.29 is 19.8 Å². The summed E-state index contributed by atoms with van der Waals surface area (Å²) in [5, 5.41) is 19.8. The van der Waals surface area contributed by atoms with Gasteiger partial charge in [-0.2, -0.15) is 0 Å². The molecule has 0 aromatic heterocycles. The van der Waals surface area contributed by atoms with E-state index in [0.717, 1.165) is 0 Å². The normalized spacial score (nSPS) is 19.9. The van der Waals surface area contributed by atoms with Gasteiger partial charge in [0.1, 0.15) is 6.04 Å². The van der Waals surface area contributed by atoms with Crippen LogP contribution in [0.5, 0.6) is 0 Å². The van der Waals surface area contributed by atoms with Crippen LogP contribution in [-0.4, -0.2) is 39.6 Å². The lowest BCUT2D eigenvalue weighted by Gasteiger charge is -2.24. The van der Waals surface area contributed by atoms with Crippen molar-refractivity contribution in [3.8, 4) is 0 Å². The number of nitrogens with zero attached hydrogens (tertiary/aromatic N) is 1. The van der Waals surface area contributed by atoms with Crippen LogP contribution in [0.2, 0.25) is 10.0 Å². The van der Waals surface area contributed by atoms with E-state index in [1.165, 1.54) is 23.1 Å². The van der Waals surface area contributed by atoms with Crippen molar-refractivity contribution in [3.63, 3.8) is 0 Å². The zero-order chi connectivity index (χ0) is 14.9. The lowest BCUT2D eigenvalue weighted by molar-refractivity contribution is -0.152. The first-order valence-corrected chi connectivity index (χ1v) is 6.83. The molecule has 1 amide bonds.